The Morgan fingerprint density at radius 2 is 0.966 bits per heavy atom. The quantitative estimate of drug-likeness (QED) is 0.181. The summed E-state index contributed by atoms with van der Waals surface area (Å²) in [5, 5.41) is 15.9. The first-order chi connectivity index (χ1) is 28.3. The zero-order valence-electron chi connectivity index (χ0n) is 32.8. The highest BCUT2D eigenvalue weighted by Gasteiger charge is 2.40. The molecule has 2 aliphatic carbocycles. The van der Waals surface area contributed by atoms with Gasteiger partial charge in [-0.1, -0.05) is 131 Å². The van der Waals surface area contributed by atoms with Gasteiger partial charge in [0.2, 0.25) is 0 Å². The third kappa shape index (κ3) is 4.05. The minimum Gasteiger partial charge on any atom is -0.309 e. The van der Waals surface area contributed by atoms with Gasteiger partial charge in [0, 0.05) is 44.1 Å². The molecule has 0 aliphatic heterocycles. The summed E-state index contributed by atoms with van der Waals surface area (Å²) in [4.78, 5) is 5.21. The summed E-state index contributed by atoms with van der Waals surface area (Å²) >= 11 is 0. The van der Waals surface area contributed by atoms with Gasteiger partial charge in [0.1, 0.15) is 0 Å². The fourth-order valence-electron chi connectivity index (χ4n) is 11.0. The fourth-order valence-corrected chi connectivity index (χ4v) is 11.0. The molecule has 0 saturated carbocycles. The van der Waals surface area contributed by atoms with Crippen LogP contribution in [0.5, 0.6) is 0 Å². The van der Waals surface area contributed by atoms with Crippen molar-refractivity contribution in [2.24, 2.45) is 0 Å². The van der Waals surface area contributed by atoms with Crippen molar-refractivity contribution in [1.29, 1.82) is 5.26 Å². The van der Waals surface area contributed by atoms with Crippen molar-refractivity contribution in [1.82, 2.24) is 14.1 Å². The molecule has 3 heterocycles. The Hall–Kier alpha value is -7.22. The molecule has 274 valence electrons. The molecule has 0 atom stereocenters. The molecule has 0 bridgehead atoms. The molecule has 12 rings (SSSR count). The van der Waals surface area contributed by atoms with E-state index in [-0.39, 0.29) is 10.8 Å². The van der Waals surface area contributed by atoms with Gasteiger partial charge in [-0.3, -0.25) is 4.98 Å². The summed E-state index contributed by atoms with van der Waals surface area (Å²) in [6, 6.07) is 57.2. The third-order valence-electron chi connectivity index (χ3n) is 13.4. The highest BCUT2D eigenvalue weighted by molar-refractivity contribution is 6.16. The molecule has 0 amide bonds. The largest absolute Gasteiger partial charge is 0.309 e. The fraction of sp³-hybridized carbons (Fsp3) is 0.111. The van der Waals surface area contributed by atoms with Gasteiger partial charge in [0.05, 0.1) is 50.8 Å². The van der Waals surface area contributed by atoms with Crippen molar-refractivity contribution >= 4 is 43.6 Å². The van der Waals surface area contributed by atoms with Crippen LogP contribution in [-0.4, -0.2) is 14.1 Å². The number of nitriles is 1. The zero-order valence-corrected chi connectivity index (χ0v) is 32.8. The lowest BCUT2D eigenvalue weighted by molar-refractivity contribution is 0.666. The molecule has 0 unspecified atom stereocenters. The standard InChI is InChI=1S/C54H38N4/c1-53(2)39-20-9-5-16-33(39)35-26-28-44-48(50(35)53)37-18-7-11-22-41(37)57(44)43-24-13-15-32(31-55)47(43)52-46(25-14-30-56-52)58-42-23-12-8-19-38(42)49-45(58)29-27-36-34-17-6-10-21-40(34)54(3,4)51(36)49/h5-30H,1-4H3. The Bertz CT molecular complexity index is 3470. The number of hydrogen-bond donors (Lipinski definition) is 0. The van der Waals surface area contributed by atoms with Crippen molar-refractivity contribution < 1.29 is 0 Å². The number of rotatable bonds is 3. The van der Waals surface area contributed by atoms with Crippen molar-refractivity contribution in [2.75, 3.05) is 0 Å². The van der Waals surface area contributed by atoms with Crippen molar-refractivity contribution in [3.05, 3.63) is 186 Å². The lowest BCUT2D eigenvalue weighted by atomic mass is 9.80. The van der Waals surface area contributed by atoms with Crippen LogP contribution >= 0.6 is 0 Å². The maximum Gasteiger partial charge on any atom is 0.0999 e. The van der Waals surface area contributed by atoms with E-state index in [2.05, 4.69) is 176 Å². The maximum atomic E-state index is 10.9. The first kappa shape index (κ1) is 33.0. The number of pyridine rings is 1. The van der Waals surface area contributed by atoms with E-state index in [0.717, 1.165) is 44.7 Å². The molecule has 0 radical (unpaired) electrons. The lowest BCUT2D eigenvalue weighted by Crippen LogP contribution is -2.15. The van der Waals surface area contributed by atoms with Crippen LogP contribution in [0.3, 0.4) is 0 Å². The van der Waals surface area contributed by atoms with Gasteiger partial charge < -0.3 is 9.13 Å². The van der Waals surface area contributed by atoms with E-state index in [1.807, 2.05) is 24.4 Å². The molecule has 10 aromatic rings. The zero-order chi connectivity index (χ0) is 39.1. The highest BCUT2D eigenvalue weighted by atomic mass is 15.0. The minimum atomic E-state index is -0.196. The topological polar surface area (TPSA) is 46.5 Å². The molecule has 0 saturated heterocycles. The molecule has 4 nitrogen and oxygen atoms in total. The summed E-state index contributed by atoms with van der Waals surface area (Å²) in [6.45, 7) is 9.42. The van der Waals surface area contributed by atoms with E-state index in [4.69, 9.17) is 4.98 Å². The van der Waals surface area contributed by atoms with E-state index < -0.39 is 0 Å². The average molecular weight is 743 g/mol. The Balaban J connectivity index is 1.16. The predicted octanol–water partition coefficient (Wildman–Crippen LogP) is 13.4. The molecular formula is C54H38N4. The number of fused-ring (bicyclic) bond motifs is 14. The lowest BCUT2D eigenvalue weighted by Gasteiger charge is -2.23. The van der Waals surface area contributed by atoms with Gasteiger partial charge in [-0.25, -0.2) is 0 Å². The summed E-state index contributed by atoms with van der Waals surface area (Å²) in [6.07, 6.45) is 1.86. The second-order valence-corrected chi connectivity index (χ2v) is 17.0. The first-order valence-electron chi connectivity index (χ1n) is 20.1. The molecule has 2 aliphatic rings. The maximum absolute atomic E-state index is 10.9. The van der Waals surface area contributed by atoms with Crippen molar-refractivity contribution in [2.45, 2.75) is 38.5 Å². The van der Waals surface area contributed by atoms with E-state index in [9.17, 15) is 5.26 Å². The van der Waals surface area contributed by atoms with Gasteiger partial charge in [-0.05, 0) is 93.0 Å². The van der Waals surface area contributed by atoms with E-state index in [0.29, 0.717) is 5.56 Å². The second kappa shape index (κ2) is 11.4. The second-order valence-electron chi connectivity index (χ2n) is 17.0. The number of benzene rings is 7. The Kier molecular flexibility index (Phi) is 6.50. The summed E-state index contributed by atoms with van der Waals surface area (Å²) in [5.41, 5.74) is 18.7. The van der Waals surface area contributed by atoms with Crippen LogP contribution in [0.2, 0.25) is 0 Å². The predicted molar refractivity (Wildman–Crippen MR) is 238 cm³/mol. The molecule has 3 aromatic heterocycles. The van der Waals surface area contributed by atoms with Gasteiger partial charge in [0.25, 0.3) is 0 Å². The number of hydrogen-bond acceptors (Lipinski definition) is 2. The van der Waals surface area contributed by atoms with Crippen LogP contribution in [0.4, 0.5) is 0 Å². The third-order valence-corrected chi connectivity index (χ3v) is 13.4. The Labute approximate surface area is 336 Å². The van der Waals surface area contributed by atoms with Crippen molar-refractivity contribution in [3.8, 4) is 51.0 Å². The Morgan fingerprint density at radius 3 is 1.53 bits per heavy atom. The summed E-state index contributed by atoms with van der Waals surface area (Å²) < 4.78 is 4.75. The number of para-hydroxylation sites is 2. The van der Waals surface area contributed by atoms with E-state index in [1.54, 1.807) is 0 Å². The number of aromatic nitrogens is 3. The minimum absolute atomic E-state index is 0.189. The highest BCUT2D eigenvalue weighted by Crippen LogP contribution is 2.55. The van der Waals surface area contributed by atoms with Crippen LogP contribution in [0, 0.1) is 11.3 Å². The van der Waals surface area contributed by atoms with Crippen LogP contribution in [-0.2, 0) is 10.8 Å². The van der Waals surface area contributed by atoms with Crippen LogP contribution in [0.25, 0.3) is 88.5 Å². The molecule has 7 aromatic carbocycles. The monoisotopic (exact) mass is 742 g/mol. The summed E-state index contributed by atoms with van der Waals surface area (Å²) in [7, 11) is 0. The molecule has 0 spiro atoms. The van der Waals surface area contributed by atoms with E-state index >= 15 is 0 Å². The van der Waals surface area contributed by atoms with Crippen LogP contribution in [0.1, 0.15) is 55.5 Å². The van der Waals surface area contributed by atoms with Crippen molar-refractivity contribution in [3.63, 3.8) is 0 Å². The molecule has 58 heavy (non-hydrogen) atoms. The average Bonchev–Trinajstić information content (AvgIpc) is 3.92. The molecule has 0 N–H and O–H groups in total. The SMILES string of the molecule is CC1(C)c2ccccc2-c2ccc3c(c21)c1ccccc1n3-c1cccnc1-c1c(C#N)cccc1-n1c2ccccc2c2c3c(ccc21)-c1ccccc1C3(C)C. The summed E-state index contributed by atoms with van der Waals surface area (Å²) in [5.74, 6) is 0. The first-order valence-corrected chi connectivity index (χ1v) is 20.1. The normalized spacial score (nSPS) is 14.5. The van der Waals surface area contributed by atoms with Gasteiger partial charge in [-0.2, -0.15) is 5.26 Å². The number of nitrogens with zero attached hydrogens (tertiary/aromatic N) is 4. The smallest absolute Gasteiger partial charge is 0.0999 e. The van der Waals surface area contributed by atoms with Gasteiger partial charge in [-0.15, -0.1) is 0 Å². The molecular weight excluding hydrogens is 705 g/mol. The van der Waals surface area contributed by atoms with Crippen LogP contribution in [0.15, 0.2) is 158 Å². The van der Waals surface area contributed by atoms with E-state index in [1.165, 1.54) is 66.1 Å². The Morgan fingerprint density at radius 1 is 0.466 bits per heavy atom. The molecule has 0 fully saturated rings. The van der Waals surface area contributed by atoms with Crippen LogP contribution < -0.4 is 0 Å². The molecule has 4 heteroatoms. The van der Waals surface area contributed by atoms with Gasteiger partial charge >= 0.3 is 0 Å². The van der Waals surface area contributed by atoms with Gasteiger partial charge in [0.15, 0.2) is 0 Å².